The van der Waals surface area contributed by atoms with E-state index in [1.54, 1.807) is 24.4 Å². The lowest BCUT2D eigenvalue weighted by molar-refractivity contribution is 0.102. The minimum absolute atomic E-state index is 0.253. The molecule has 3 heterocycles. The Morgan fingerprint density at radius 2 is 2.05 bits per heavy atom. The summed E-state index contributed by atoms with van der Waals surface area (Å²) in [7, 11) is 0. The van der Waals surface area contributed by atoms with E-state index in [2.05, 4.69) is 25.4 Å². The highest BCUT2D eigenvalue weighted by molar-refractivity contribution is 6.03. The number of morpholine rings is 1. The van der Waals surface area contributed by atoms with Gasteiger partial charge in [0.05, 0.1) is 18.8 Å². The Morgan fingerprint density at radius 3 is 2.71 bits per heavy atom. The SMILES string of the molecule is O=C(Nc1ccc(N2CCOCC2)nn1)c1cccnc1. The molecule has 0 atom stereocenters. The molecule has 0 aliphatic carbocycles. The van der Waals surface area contributed by atoms with Gasteiger partial charge in [-0.05, 0) is 24.3 Å². The molecule has 0 spiro atoms. The third-order valence-corrected chi connectivity index (χ3v) is 3.15. The van der Waals surface area contributed by atoms with Gasteiger partial charge in [-0.15, -0.1) is 10.2 Å². The molecule has 1 N–H and O–H groups in total. The number of hydrogen-bond acceptors (Lipinski definition) is 6. The van der Waals surface area contributed by atoms with E-state index >= 15 is 0 Å². The zero-order valence-electron chi connectivity index (χ0n) is 11.4. The van der Waals surface area contributed by atoms with Gasteiger partial charge in [-0.1, -0.05) is 0 Å². The fourth-order valence-electron chi connectivity index (χ4n) is 2.04. The molecular formula is C14H15N5O2. The molecule has 0 saturated carbocycles. The number of rotatable bonds is 3. The number of nitrogens with zero attached hydrogens (tertiary/aromatic N) is 4. The number of amides is 1. The number of aromatic nitrogens is 3. The third-order valence-electron chi connectivity index (χ3n) is 3.15. The summed E-state index contributed by atoms with van der Waals surface area (Å²) in [6.45, 7) is 2.99. The molecule has 21 heavy (non-hydrogen) atoms. The topological polar surface area (TPSA) is 80.2 Å². The van der Waals surface area contributed by atoms with E-state index in [0.717, 1.165) is 18.9 Å². The Labute approximate surface area is 122 Å². The van der Waals surface area contributed by atoms with Crippen LogP contribution >= 0.6 is 0 Å². The molecule has 7 nitrogen and oxygen atoms in total. The summed E-state index contributed by atoms with van der Waals surface area (Å²) in [6.07, 6.45) is 3.12. The lowest BCUT2D eigenvalue weighted by Crippen LogP contribution is -2.36. The third kappa shape index (κ3) is 3.32. The van der Waals surface area contributed by atoms with E-state index in [0.29, 0.717) is 24.6 Å². The van der Waals surface area contributed by atoms with E-state index in [9.17, 15) is 4.79 Å². The smallest absolute Gasteiger partial charge is 0.258 e. The molecular weight excluding hydrogens is 270 g/mol. The van der Waals surface area contributed by atoms with Gasteiger partial charge in [-0.2, -0.15) is 0 Å². The number of anilines is 2. The zero-order chi connectivity index (χ0) is 14.5. The number of carbonyl (C=O) groups excluding carboxylic acids is 1. The van der Waals surface area contributed by atoms with Crippen LogP contribution in [-0.2, 0) is 4.74 Å². The van der Waals surface area contributed by atoms with Gasteiger partial charge in [0.25, 0.3) is 5.91 Å². The largest absolute Gasteiger partial charge is 0.378 e. The van der Waals surface area contributed by atoms with Crippen molar-refractivity contribution < 1.29 is 9.53 Å². The Kier molecular flexibility index (Phi) is 4.02. The molecule has 0 aromatic carbocycles. The fourth-order valence-corrected chi connectivity index (χ4v) is 2.04. The highest BCUT2D eigenvalue weighted by Crippen LogP contribution is 2.13. The van der Waals surface area contributed by atoms with Crippen LogP contribution in [0.2, 0.25) is 0 Å². The maximum absolute atomic E-state index is 12.0. The Bertz CT molecular complexity index is 597. The van der Waals surface area contributed by atoms with Gasteiger partial charge in [-0.25, -0.2) is 0 Å². The zero-order valence-corrected chi connectivity index (χ0v) is 11.4. The van der Waals surface area contributed by atoms with Crippen LogP contribution < -0.4 is 10.2 Å². The van der Waals surface area contributed by atoms with E-state index in [4.69, 9.17) is 4.74 Å². The van der Waals surface area contributed by atoms with Crippen molar-refractivity contribution in [2.45, 2.75) is 0 Å². The van der Waals surface area contributed by atoms with Crippen LogP contribution in [0.3, 0.4) is 0 Å². The molecule has 0 bridgehead atoms. The number of pyridine rings is 1. The van der Waals surface area contributed by atoms with E-state index in [1.165, 1.54) is 6.20 Å². The fraction of sp³-hybridized carbons (Fsp3) is 0.286. The summed E-state index contributed by atoms with van der Waals surface area (Å²) >= 11 is 0. The predicted molar refractivity (Wildman–Crippen MR) is 77.3 cm³/mol. The second-order valence-corrected chi connectivity index (χ2v) is 4.57. The summed E-state index contributed by atoms with van der Waals surface area (Å²) < 4.78 is 5.29. The number of nitrogens with one attached hydrogen (secondary N) is 1. The molecule has 1 fully saturated rings. The molecule has 1 amide bonds. The van der Waals surface area contributed by atoms with Crippen LogP contribution in [-0.4, -0.2) is 47.4 Å². The first-order chi connectivity index (χ1) is 10.3. The minimum atomic E-state index is -0.253. The van der Waals surface area contributed by atoms with Crippen molar-refractivity contribution >= 4 is 17.5 Å². The van der Waals surface area contributed by atoms with Gasteiger partial charge in [0.1, 0.15) is 0 Å². The molecule has 1 saturated heterocycles. The molecule has 2 aromatic heterocycles. The molecule has 1 aliphatic rings. The van der Waals surface area contributed by atoms with Crippen LogP contribution in [0.4, 0.5) is 11.6 Å². The molecule has 3 rings (SSSR count). The average molecular weight is 285 g/mol. The Balaban J connectivity index is 1.65. The van der Waals surface area contributed by atoms with Crippen LogP contribution in [0.25, 0.3) is 0 Å². The lowest BCUT2D eigenvalue weighted by Gasteiger charge is -2.27. The predicted octanol–water partition coefficient (Wildman–Crippen LogP) is 0.960. The van der Waals surface area contributed by atoms with Crippen molar-refractivity contribution in [3.8, 4) is 0 Å². The van der Waals surface area contributed by atoms with Crippen LogP contribution in [0.15, 0.2) is 36.7 Å². The van der Waals surface area contributed by atoms with Crippen LogP contribution in [0, 0.1) is 0 Å². The van der Waals surface area contributed by atoms with Crippen LogP contribution in [0.5, 0.6) is 0 Å². The van der Waals surface area contributed by atoms with Crippen molar-refractivity contribution in [2.24, 2.45) is 0 Å². The van der Waals surface area contributed by atoms with Gasteiger partial charge in [0.15, 0.2) is 11.6 Å². The summed E-state index contributed by atoms with van der Waals surface area (Å²) in [5, 5.41) is 10.9. The standard InChI is InChI=1S/C14H15N5O2/c20-14(11-2-1-5-15-10-11)16-12-3-4-13(18-17-12)19-6-8-21-9-7-19/h1-5,10H,6-9H2,(H,16,17,20). The van der Waals surface area contributed by atoms with Gasteiger partial charge in [0, 0.05) is 25.5 Å². The quantitative estimate of drug-likeness (QED) is 0.904. The van der Waals surface area contributed by atoms with Crippen molar-refractivity contribution in [1.29, 1.82) is 0 Å². The maximum Gasteiger partial charge on any atom is 0.258 e. The van der Waals surface area contributed by atoms with Crippen molar-refractivity contribution in [1.82, 2.24) is 15.2 Å². The summed E-state index contributed by atoms with van der Waals surface area (Å²) in [6, 6.07) is 6.99. The second kappa shape index (κ2) is 6.27. The van der Waals surface area contributed by atoms with E-state index in [-0.39, 0.29) is 5.91 Å². The monoisotopic (exact) mass is 285 g/mol. The molecule has 0 unspecified atom stereocenters. The first-order valence-electron chi connectivity index (χ1n) is 6.71. The van der Waals surface area contributed by atoms with Gasteiger partial charge < -0.3 is 15.0 Å². The number of carbonyl (C=O) groups is 1. The Morgan fingerprint density at radius 1 is 1.19 bits per heavy atom. The second-order valence-electron chi connectivity index (χ2n) is 4.57. The van der Waals surface area contributed by atoms with Gasteiger partial charge in [-0.3, -0.25) is 9.78 Å². The molecule has 1 aliphatic heterocycles. The first kappa shape index (κ1) is 13.4. The summed E-state index contributed by atoms with van der Waals surface area (Å²) in [5.74, 6) is 0.954. The summed E-state index contributed by atoms with van der Waals surface area (Å²) in [5.41, 5.74) is 0.483. The lowest BCUT2D eigenvalue weighted by atomic mass is 10.3. The maximum atomic E-state index is 12.0. The normalized spacial score (nSPS) is 14.8. The summed E-state index contributed by atoms with van der Waals surface area (Å²) in [4.78, 5) is 18.0. The van der Waals surface area contributed by atoms with Crippen molar-refractivity contribution in [2.75, 3.05) is 36.5 Å². The highest BCUT2D eigenvalue weighted by atomic mass is 16.5. The average Bonchev–Trinajstić information content (AvgIpc) is 2.57. The highest BCUT2D eigenvalue weighted by Gasteiger charge is 2.13. The van der Waals surface area contributed by atoms with Gasteiger partial charge >= 0.3 is 0 Å². The van der Waals surface area contributed by atoms with Gasteiger partial charge in [0.2, 0.25) is 0 Å². The molecule has 2 aromatic rings. The van der Waals surface area contributed by atoms with E-state index in [1.807, 2.05) is 6.07 Å². The molecule has 108 valence electrons. The van der Waals surface area contributed by atoms with Crippen molar-refractivity contribution in [3.63, 3.8) is 0 Å². The minimum Gasteiger partial charge on any atom is -0.378 e. The van der Waals surface area contributed by atoms with Crippen molar-refractivity contribution in [3.05, 3.63) is 42.2 Å². The molecule has 7 heteroatoms. The molecule has 0 radical (unpaired) electrons. The van der Waals surface area contributed by atoms with E-state index < -0.39 is 0 Å². The number of hydrogen-bond donors (Lipinski definition) is 1. The first-order valence-corrected chi connectivity index (χ1v) is 6.71. The van der Waals surface area contributed by atoms with Crippen LogP contribution in [0.1, 0.15) is 10.4 Å². The Hall–Kier alpha value is -2.54. The number of ether oxygens (including phenoxy) is 1.